The lowest BCUT2D eigenvalue weighted by Crippen LogP contribution is -2.31. The van der Waals surface area contributed by atoms with Crippen molar-refractivity contribution < 1.29 is 26.7 Å². The van der Waals surface area contributed by atoms with E-state index in [0.29, 0.717) is 5.69 Å². The van der Waals surface area contributed by atoms with Gasteiger partial charge in [-0.15, -0.1) is 0 Å². The molecule has 0 saturated heterocycles. The second-order valence-electron chi connectivity index (χ2n) is 5.59. The summed E-state index contributed by atoms with van der Waals surface area (Å²) in [5.41, 5.74) is 0.415. The van der Waals surface area contributed by atoms with E-state index >= 15 is 0 Å². The Balaban J connectivity index is 2.25. The number of hydrogen-bond donors (Lipinski definition) is 1. The van der Waals surface area contributed by atoms with E-state index in [2.05, 4.69) is 10.1 Å². The number of carbonyl (C=O) groups excluding carboxylic acids is 1. The number of rotatable bonds is 8. The van der Waals surface area contributed by atoms with Gasteiger partial charge in [0.2, 0.25) is 10.0 Å². The molecule has 0 heterocycles. The van der Waals surface area contributed by atoms with Crippen LogP contribution in [-0.2, 0) is 10.0 Å². The molecule has 2 rings (SSSR count). The molecule has 0 aliphatic rings. The molecule has 0 saturated carbocycles. The quantitative estimate of drug-likeness (QED) is 0.677. The van der Waals surface area contributed by atoms with Gasteiger partial charge in [0.1, 0.15) is 10.6 Å². The molecule has 0 bridgehead atoms. The van der Waals surface area contributed by atoms with Gasteiger partial charge >= 0.3 is 6.61 Å². The maximum atomic E-state index is 12.7. The van der Waals surface area contributed by atoms with Crippen LogP contribution >= 0.6 is 11.6 Å². The molecule has 2 aromatic rings. The Morgan fingerprint density at radius 2 is 1.75 bits per heavy atom. The summed E-state index contributed by atoms with van der Waals surface area (Å²) in [4.78, 5) is 12.3. The third kappa shape index (κ3) is 5.18. The summed E-state index contributed by atoms with van der Waals surface area (Å²) >= 11 is 6.05. The number of hydrogen-bond acceptors (Lipinski definition) is 4. The molecule has 152 valence electrons. The molecule has 0 aliphatic heterocycles. The number of amides is 1. The normalized spacial score (nSPS) is 11.7. The minimum Gasteiger partial charge on any atom is -0.435 e. The molecule has 0 aromatic heterocycles. The number of nitrogens with one attached hydrogen (secondary N) is 1. The number of ether oxygens (including phenoxy) is 1. The fraction of sp³-hybridized carbons (Fsp3) is 0.278. The Bertz CT molecular complexity index is 933. The molecule has 0 aliphatic carbocycles. The lowest BCUT2D eigenvalue weighted by molar-refractivity contribution is -0.0498. The van der Waals surface area contributed by atoms with Crippen LogP contribution in [0.5, 0.6) is 5.75 Å². The maximum Gasteiger partial charge on any atom is 0.387 e. The molecule has 1 amide bonds. The lowest BCUT2D eigenvalue weighted by Gasteiger charge is -2.19. The van der Waals surface area contributed by atoms with E-state index in [-0.39, 0.29) is 34.3 Å². The molecule has 0 unspecified atom stereocenters. The highest BCUT2D eigenvalue weighted by Crippen LogP contribution is 2.26. The molecule has 10 heteroatoms. The summed E-state index contributed by atoms with van der Waals surface area (Å²) in [6, 6.07) is 9.27. The Morgan fingerprint density at radius 1 is 1.14 bits per heavy atom. The molecule has 0 radical (unpaired) electrons. The first-order valence-electron chi connectivity index (χ1n) is 8.35. The second-order valence-corrected chi connectivity index (χ2v) is 7.91. The number of alkyl halides is 2. The van der Waals surface area contributed by atoms with Crippen LogP contribution in [0.4, 0.5) is 14.5 Å². The van der Waals surface area contributed by atoms with Gasteiger partial charge in [-0.2, -0.15) is 13.1 Å². The van der Waals surface area contributed by atoms with Crippen LogP contribution in [0.15, 0.2) is 47.4 Å². The molecule has 2 aromatic carbocycles. The first kappa shape index (κ1) is 22.1. The van der Waals surface area contributed by atoms with Gasteiger partial charge in [-0.1, -0.05) is 25.4 Å². The molecule has 1 N–H and O–H groups in total. The summed E-state index contributed by atoms with van der Waals surface area (Å²) in [6.45, 7) is 0.984. The zero-order chi connectivity index (χ0) is 20.9. The Labute approximate surface area is 167 Å². The summed E-state index contributed by atoms with van der Waals surface area (Å²) < 4.78 is 55.2. The minimum atomic E-state index is -3.84. The topological polar surface area (TPSA) is 75.7 Å². The largest absolute Gasteiger partial charge is 0.435 e. The van der Waals surface area contributed by atoms with Gasteiger partial charge in [-0.05, 0) is 42.5 Å². The molecular weight excluding hydrogens is 414 g/mol. The van der Waals surface area contributed by atoms with Gasteiger partial charge in [0.25, 0.3) is 5.91 Å². The van der Waals surface area contributed by atoms with Gasteiger partial charge in [0, 0.05) is 24.3 Å². The number of anilines is 1. The molecular formula is C18H19ClF2N2O4S. The van der Waals surface area contributed by atoms with Crippen LogP contribution in [0.1, 0.15) is 24.2 Å². The van der Waals surface area contributed by atoms with E-state index in [1.54, 1.807) is 13.8 Å². The van der Waals surface area contributed by atoms with Crippen LogP contribution in [0.3, 0.4) is 0 Å². The Hall–Kier alpha value is -2.23. The Kier molecular flexibility index (Phi) is 7.34. The predicted octanol–water partition coefficient (Wildman–Crippen LogP) is 4.22. The third-order valence-electron chi connectivity index (χ3n) is 3.85. The van der Waals surface area contributed by atoms with Crippen molar-refractivity contribution in [2.75, 3.05) is 18.4 Å². The number of carbonyl (C=O) groups is 1. The van der Waals surface area contributed by atoms with Crippen molar-refractivity contribution in [1.29, 1.82) is 0 Å². The van der Waals surface area contributed by atoms with Crippen LogP contribution in [0.2, 0.25) is 5.02 Å². The first-order valence-corrected chi connectivity index (χ1v) is 10.2. The van der Waals surface area contributed by atoms with Gasteiger partial charge in [0.05, 0.1) is 5.02 Å². The van der Waals surface area contributed by atoms with Crippen LogP contribution in [-0.4, -0.2) is 38.3 Å². The molecule has 0 fully saturated rings. The van der Waals surface area contributed by atoms with E-state index in [1.807, 2.05) is 0 Å². The van der Waals surface area contributed by atoms with Gasteiger partial charge in [-0.25, -0.2) is 8.42 Å². The monoisotopic (exact) mass is 432 g/mol. The van der Waals surface area contributed by atoms with Crippen molar-refractivity contribution >= 4 is 33.2 Å². The highest BCUT2D eigenvalue weighted by Gasteiger charge is 2.25. The van der Waals surface area contributed by atoms with Crippen molar-refractivity contribution in [3.05, 3.63) is 53.1 Å². The average molecular weight is 433 g/mol. The summed E-state index contributed by atoms with van der Waals surface area (Å²) in [5.74, 6) is -0.623. The molecule has 6 nitrogen and oxygen atoms in total. The standard InChI is InChI=1S/C18H19ClF2N2O4S/c1-3-23(4-2)28(25,26)16-11-12(5-10-15(16)19)17(24)22-13-6-8-14(9-7-13)27-18(20)21/h5-11,18H,3-4H2,1-2H3,(H,22,24). The highest BCUT2D eigenvalue weighted by atomic mass is 35.5. The SMILES string of the molecule is CCN(CC)S(=O)(=O)c1cc(C(=O)Nc2ccc(OC(F)F)cc2)ccc1Cl. The van der Waals surface area contributed by atoms with Gasteiger partial charge in [0.15, 0.2) is 0 Å². The fourth-order valence-electron chi connectivity index (χ4n) is 2.47. The summed E-state index contributed by atoms with van der Waals surface area (Å²) in [6.07, 6.45) is 0. The maximum absolute atomic E-state index is 12.7. The summed E-state index contributed by atoms with van der Waals surface area (Å²) in [7, 11) is -3.84. The predicted molar refractivity (Wildman–Crippen MR) is 103 cm³/mol. The molecule has 0 atom stereocenters. The van der Waals surface area contributed by atoms with E-state index < -0.39 is 22.5 Å². The van der Waals surface area contributed by atoms with Crippen molar-refractivity contribution in [1.82, 2.24) is 4.31 Å². The van der Waals surface area contributed by atoms with Crippen molar-refractivity contribution in [2.45, 2.75) is 25.4 Å². The molecule has 0 spiro atoms. The van der Waals surface area contributed by atoms with E-state index in [1.165, 1.54) is 46.8 Å². The lowest BCUT2D eigenvalue weighted by atomic mass is 10.2. The van der Waals surface area contributed by atoms with E-state index in [9.17, 15) is 22.0 Å². The van der Waals surface area contributed by atoms with Crippen molar-refractivity contribution in [2.24, 2.45) is 0 Å². The first-order chi connectivity index (χ1) is 13.2. The van der Waals surface area contributed by atoms with Crippen molar-refractivity contribution in [3.63, 3.8) is 0 Å². The minimum absolute atomic E-state index is 0.0111. The van der Waals surface area contributed by atoms with E-state index in [4.69, 9.17) is 11.6 Å². The zero-order valence-electron chi connectivity index (χ0n) is 15.2. The number of halogens is 3. The number of sulfonamides is 1. The number of nitrogens with zero attached hydrogens (tertiary/aromatic N) is 1. The van der Waals surface area contributed by atoms with Crippen LogP contribution in [0.25, 0.3) is 0 Å². The third-order valence-corrected chi connectivity index (χ3v) is 6.39. The zero-order valence-corrected chi connectivity index (χ0v) is 16.7. The van der Waals surface area contributed by atoms with E-state index in [0.717, 1.165) is 0 Å². The van der Waals surface area contributed by atoms with Gasteiger partial charge < -0.3 is 10.1 Å². The summed E-state index contributed by atoms with van der Waals surface area (Å²) in [5, 5.41) is 2.57. The number of benzene rings is 2. The van der Waals surface area contributed by atoms with Gasteiger partial charge in [-0.3, -0.25) is 4.79 Å². The average Bonchev–Trinajstić information content (AvgIpc) is 2.63. The van der Waals surface area contributed by atoms with Crippen LogP contribution in [0, 0.1) is 0 Å². The van der Waals surface area contributed by atoms with Crippen molar-refractivity contribution in [3.8, 4) is 5.75 Å². The smallest absolute Gasteiger partial charge is 0.387 e. The fourth-order valence-corrected chi connectivity index (χ4v) is 4.43. The molecule has 28 heavy (non-hydrogen) atoms. The van der Waals surface area contributed by atoms with Crippen LogP contribution < -0.4 is 10.1 Å². The second kappa shape index (κ2) is 9.31. The Morgan fingerprint density at radius 3 is 2.29 bits per heavy atom. The highest BCUT2D eigenvalue weighted by molar-refractivity contribution is 7.89.